The molecular weight excluding hydrogens is 287 g/mol. The fourth-order valence-electron chi connectivity index (χ4n) is 0.618. The quantitative estimate of drug-likeness (QED) is 0.263. The molecule has 5 N–H and O–H groups in total. The minimum atomic E-state index is -1.79. The number of carbonyl (C=O) groups is 1. The van der Waals surface area contributed by atoms with Crippen molar-refractivity contribution in [1.29, 1.82) is 0 Å². The van der Waals surface area contributed by atoms with Crippen molar-refractivity contribution in [2.75, 3.05) is 6.61 Å². The van der Waals surface area contributed by atoms with Gasteiger partial charge in [0, 0.05) is 23.9 Å². The van der Waals surface area contributed by atoms with Crippen LogP contribution in [0, 0.1) is 0 Å². The van der Waals surface area contributed by atoms with E-state index in [1.54, 1.807) is 0 Å². The van der Waals surface area contributed by atoms with E-state index in [4.69, 9.17) is 25.5 Å². The first-order valence-electron chi connectivity index (χ1n) is 3.33. The van der Waals surface area contributed by atoms with E-state index in [0.29, 0.717) is 0 Å². The number of carbonyl (C=O) groups excluding carboxylic acids is 1. The SMILES string of the molecule is O=C[C@H](O)[C@H](O)[C@H](O)[C@H](O)CO.[Sn]. The largest absolute Gasteiger partial charge is 0.394 e. The van der Waals surface area contributed by atoms with Gasteiger partial charge < -0.3 is 30.3 Å². The van der Waals surface area contributed by atoms with Crippen LogP contribution in [0.5, 0.6) is 0 Å². The molecular formula is C6H12O6Sn. The fourth-order valence-corrected chi connectivity index (χ4v) is 0.618. The molecule has 13 heavy (non-hydrogen) atoms. The smallest absolute Gasteiger partial charge is 0.151 e. The van der Waals surface area contributed by atoms with E-state index in [0.717, 1.165) is 0 Å². The van der Waals surface area contributed by atoms with Crippen molar-refractivity contribution in [1.82, 2.24) is 0 Å². The number of hydrogen-bond donors (Lipinski definition) is 5. The maximum Gasteiger partial charge on any atom is 0.151 e. The van der Waals surface area contributed by atoms with Crippen LogP contribution in [-0.4, -0.2) is 86.7 Å². The number of hydrogen-bond acceptors (Lipinski definition) is 6. The van der Waals surface area contributed by atoms with Crippen molar-refractivity contribution in [2.45, 2.75) is 24.4 Å². The standard InChI is InChI=1S/C6H12O6.Sn/c7-1-3(9)5(11)6(12)4(10)2-8;/h1,3-6,8-12H,2H2;/t3-,4+,5-,6+;/m0./s1. The summed E-state index contributed by atoms with van der Waals surface area (Å²) in [5.74, 6) is 0. The monoisotopic (exact) mass is 300 g/mol. The molecule has 0 aliphatic rings. The molecule has 76 valence electrons. The number of aliphatic hydroxyl groups is 5. The predicted molar refractivity (Wildman–Crippen MR) is 42.9 cm³/mol. The van der Waals surface area contributed by atoms with Gasteiger partial charge in [-0.15, -0.1) is 0 Å². The van der Waals surface area contributed by atoms with Gasteiger partial charge >= 0.3 is 0 Å². The van der Waals surface area contributed by atoms with E-state index in [-0.39, 0.29) is 30.2 Å². The van der Waals surface area contributed by atoms with Crippen LogP contribution >= 0.6 is 0 Å². The van der Waals surface area contributed by atoms with Crippen LogP contribution in [0.25, 0.3) is 0 Å². The second-order valence-corrected chi connectivity index (χ2v) is 2.36. The van der Waals surface area contributed by atoms with Gasteiger partial charge in [0.05, 0.1) is 6.61 Å². The number of rotatable bonds is 5. The van der Waals surface area contributed by atoms with Gasteiger partial charge in [-0.2, -0.15) is 0 Å². The molecule has 0 bridgehead atoms. The Labute approximate surface area is 91.8 Å². The van der Waals surface area contributed by atoms with Crippen LogP contribution in [-0.2, 0) is 4.79 Å². The van der Waals surface area contributed by atoms with Gasteiger partial charge in [0.25, 0.3) is 0 Å². The van der Waals surface area contributed by atoms with Gasteiger partial charge in [-0.25, -0.2) is 0 Å². The Hall–Kier alpha value is 0.269. The molecule has 0 amide bonds. The normalized spacial score (nSPS) is 19.5. The zero-order chi connectivity index (χ0) is 9.72. The van der Waals surface area contributed by atoms with Crippen molar-refractivity contribution in [3.8, 4) is 0 Å². The minimum Gasteiger partial charge on any atom is -0.394 e. The molecule has 0 spiro atoms. The van der Waals surface area contributed by atoms with Crippen LogP contribution in [0.15, 0.2) is 0 Å². The Morgan fingerprint density at radius 1 is 1.08 bits per heavy atom. The van der Waals surface area contributed by atoms with E-state index >= 15 is 0 Å². The molecule has 0 aromatic rings. The molecule has 0 fully saturated rings. The van der Waals surface area contributed by atoms with Crippen molar-refractivity contribution in [3.05, 3.63) is 0 Å². The molecule has 0 aliphatic heterocycles. The number of aliphatic hydroxyl groups excluding tert-OH is 5. The maximum absolute atomic E-state index is 9.90. The zero-order valence-corrected chi connectivity index (χ0v) is 9.59. The topological polar surface area (TPSA) is 118 Å². The Morgan fingerprint density at radius 2 is 1.54 bits per heavy atom. The van der Waals surface area contributed by atoms with Gasteiger partial charge in [0.2, 0.25) is 0 Å². The Bertz CT molecular complexity index is 143. The first kappa shape index (κ1) is 15.7. The summed E-state index contributed by atoms with van der Waals surface area (Å²) in [6.07, 6.45) is -6.84. The minimum absolute atomic E-state index is 0. The van der Waals surface area contributed by atoms with Crippen molar-refractivity contribution in [2.24, 2.45) is 0 Å². The van der Waals surface area contributed by atoms with Gasteiger partial charge in [-0.3, -0.25) is 0 Å². The van der Waals surface area contributed by atoms with E-state index < -0.39 is 31.0 Å². The van der Waals surface area contributed by atoms with Crippen LogP contribution in [0.4, 0.5) is 0 Å². The summed E-state index contributed by atoms with van der Waals surface area (Å²) >= 11 is 0. The number of aldehydes is 1. The van der Waals surface area contributed by atoms with E-state index in [2.05, 4.69) is 0 Å². The van der Waals surface area contributed by atoms with Gasteiger partial charge in [-0.05, 0) is 0 Å². The summed E-state index contributed by atoms with van der Waals surface area (Å²) in [4.78, 5) is 9.90. The van der Waals surface area contributed by atoms with Gasteiger partial charge in [0.15, 0.2) is 6.29 Å². The average molecular weight is 299 g/mol. The van der Waals surface area contributed by atoms with Crippen LogP contribution in [0.1, 0.15) is 0 Å². The van der Waals surface area contributed by atoms with Gasteiger partial charge in [0.1, 0.15) is 24.4 Å². The summed E-state index contributed by atoms with van der Waals surface area (Å²) in [7, 11) is 0. The summed E-state index contributed by atoms with van der Waals surface area (Å²) < 4.78 is 0. The first-order chi connectivity index (χ1) is 5.54. The van der Waals surface area contributed by atoms with Crippen LogP contribution in [0.3, 0.4) is 0 Å². The molecule has 0 rings (SSSR count). The third-order valence-corrected chi connectivity index (χ3v) is 1.42. The zero-order valence-electron chi connectivity index (χ0n) is 6.74. The third kappa shape index (κ3) is 4.89. The molecule has 4 atom stereocenters. The molecule has 0 aromatic heterocycles. The average Bonchev–Trinajstić information content (AvgIpc) is 2.12. The van der Waals surface area contributed by atoms with E-state index in [1.807, 2.05) is 0 Å². The Morgan fingerprint density at radius 3 is 1.85 bits per heavy atom. The summed E-state index contributed by atoms with van der Waals surface area (Å²) in [6.45, 7) is -0.760. The summed E-state index contributed by atoms with van der Waals surface area (Å²) in [6, 6.07) is 0. The molecule has 7 heteroatoms. The Balaban J connectivity index is 0. The van der Waals surface area contributed by atoms with Crippen molar-refractivity contribution >= 4 is 30.2 Å². The first-order valence-corrected chi connectivity index (χ1v) is 3.33. The van der Waals surface area contributed by atoms with Crippen LogP contribution in [0.2, 0.25) is 0 Å². The summed E-state index contributed by atoms with van der Waals surface area (Å²) in [5, 5.41) is 43.5. The molecule has 0 aliphatic carbocycles. The molecule has 0 saturated carbocycles. The molecule has 0 saturated heterocycles. The van der Waals surface area contributed by atoms with E-state index in [1.165, 1.54) is 0 Å². The van der Waals surface area contributed by atoms with Crippen molar-refractivity contribution < 1.29 is 30.3 Å². The van der Waals surface area contributed by atoms with Crippen molar-refractivity contribution in [3.63, 3.8) is 0 Å². The molecule has 0 unspecified atom stereocenters. The second kappa shape index (κ2) is 7.65. The van der Waals surface area contributed by atoms with Gasteiger partial charge in [-0.1, -0.05) is 0 Å². The fraction of sp³-hybridized carbons (Fsp3) is 0.833. The second-order valence-electron chi connectivity index (χ2n) is 2.36. The maximum atomic E-state index is 9.90. The van der Waals surface area contributed by atoms with E-state index in [9.17, 15) is 4.79 Å². The summed E-state index contributed by atoms with van der Waals surface area (Å²) in [5.41, 5.74) is 0. The van der Waals surface area contributed by atoms with Crippen LogP contribution < -0.4 is 0 Å². The molecule has 0 aromatic carbocycles. The third-order valence-electron chi connectivity index (χ3n) is 1.42. The molecule has 4 radical (unpaired) electrons. The molecule has 0 heterocycles. The predicted octanol–water partition coefficient (Wildman–Crippen LogP) is -3.76. The Kier molecular flexibility index (Phi) is 9.26. The molecule has 6 nitrogen and oxygen atoms in total.